The first-order valence-corrected chi connectivity index (χ1v) is 13.9. The molecule has 0 aliphatic carbocycles. The number of hydrogen-bond acceptors (Lipinski definition) is 5. The Bertz CT molecular complexity index is 1430. The van der Waals surface area contributed by atoms with E-state index in [9.17, 15) is 18.7 Å². The summed E-state index contributed by atoms with van der Waals surface area (Å²) in [5.41, 5.74) is 6.60. The number of halogens is 2. The fourth-order valence-corrected chi connectivity index (χ4v) is 5.76. The number of fused-ring (bicyclic) bond motifs is 1. The molecule has 2 aliphatic rings. The third-order valence-electron chi connectivity index (χ3n) is 8.14. The number of nitrogens with zero attached hydrogens (tertiary/aromatic N) is 2. The van der Waals surface area contributed by atoms with E-state index < -0.39 is 17.6 Å². The van der Waals surface area contributed by atoms with Gasteiger partial charge in [-0.2, -0.15) is 4.39 Å². The Hall–Kier alpha value is -3.68. The second-order valence-electron chi connectivity index (χ2n) is 11.7. The minimum atomic E-state index is -0.999. The van der Waals surface area contributed by atoms with Crippen LogP contribution >= 0.6 is 0 Å². The van der Waals surface area contributed by atoms with E-state index >= 15 is 0 Å². The number of carboxylic acids is 1. The SMILES string of the molecule is Cc1nc(C)c(-c2ccc3c(c2)CCC(COc2cccc(F)c2F)O3)c(N2CCC(C)(C)CC2)c1CC(=O)O. The fourth-order valence-electron chi connectivity index (χ4n) is 5.76. The Morgan fingerprint density at radius 2 is 1.90 bits per heavy atom. The van der Waals surface area contributed by atoms with Crippen LogP contribution in [0.2, 0.25) is 0 Å². The summed E-state index contributed by atoms with van der Waals surface area (Å²) in [6, 6.07) is 9.91. The predicted octanol–water partition coefficient (Wildman–Crippen LogP) is 6.67. The Balaban J connectivity index is 1.44. The number of pyridine rings is 1. The molecule has 1 saturated heterocycles. The average Bonchev–Trinajstić information content (AvgIpc) is 2.90. The van der Waals surface area contributed by atoms with Gasteiger partial charge in [0.1, 0.15) is 18.5 Å². The van der Waals surface area contributed by atoms with Crippen LogP contribution < -0.4 is 14.4 Å². The minimum absolute atomic E-state index is 0.0804. The van der Waals surface area contributed by atoms with Gasteiger partial charge in [-0.1, -0.05) is 26.0 Å². The zero-order valence-electron chi connectivity index (χ0n) is 23.5. The molecule has 1 fully saturated rings. The van der Waals surface area contributed by atoms with Crippen LogP contribution in [0.4, 0.5) is 14.5 Å². The summed E-state index contributed by atoms with van der Waals surface area (Å²) in [5, 5.41) is 9.74. The van der Waals surface area contributed by atoms with E-state index in [1.54, 1.807) is 0 Å². The van der Waals surface area contributed by atoms with Crippen molar-refractivity contribution in [2.75, 3.05) is 24.6 Å². The number of anilines is 1. The van der Waals surface area contributed by atoms with Gasteiger partial charge in [0.15, 0.2) is 11.6 Å². The highest BCUT2D eigenvalue weighted by Crippen LogP contribution is 2.43. The van der Waals surface area contributed by atoms with E-state index in [0.29, 0.717) is 6.42 Å². The van der Waals surface area contributed by atoms with Crippen molar-refractivity contribution in [2.24, 2.45) is 5.41 Å². The van der Waals surface area contributed by atoms with Crippen molar-refractivity contribution in [1.82, 2.24) is 4.98 Å². The first-order chi connectivity index (χ1) is 19.0. The van der Waals surface area contributed by atoms with Crippen LogP contribution in [-0.2, 0) is 17.6 Å². The molecule has 1 unspecified atom stereocenters. The molecule has 8 heteroatoms. The number of carboxylic acid groups (broad SMARTS) is 1. The summed E-state index contributed by atoms with van der Waals surface area (Å²) in [6.45, 7) is 10.3. The molecule has 0 amide bonds. The predicted molar refractivity (Wildman–Crippen MR) is 150 cm³/mol. The topological polar surface area (TPSA) is 71.9 Å². The molecule has 6 nitrogen and oxygen atoms in total. The van der Waals surface area contributed by atoms with Crippen LogP contribution in [0, 0.1) is 30.9 Å². The summed E-state index contributed by atoms with van der Waals surface area (Å²) in [5.74, 6) is -2.21. The van der Waals surface area contributed by atoms with Crippen molar-refractivity contribution in [2.45, 2.75) is 65.9 Å². The lowest BCUT2D eigenvalue weighted by molar-refractivity contribution is -0.136. The van der Waals surface area contributed by atoms with Gasteiger partial charge in [0.05, 0.1) is 12.1 Å². The molecule has 0 bridgehead atoms. The van der Waals surface area contributed by atoms with Gasteiger partial charge in [-0.25, -0.2) is 4.39 Å². The highest BCUT2D eigenvalue weighted by atomic mass is 19.2. The summed E-state index contributed by atoms with van der Waals surface area (Å²) in [6.07, 6.45) is 3.08. The Morgan fingerprint density at radius 3 is 2.62 bits per heavy atom. The van der Waals surface area contributed by atoms with Crippen molar-refractivity contribution in [3.8, 4) is 22.6 Å². The molecule has 3 heterocycles. The Kier molecular flexibility index (Phi) is 7.71. The maximum absolute atomic E-state index is 14.0. The number of rotatable bonds is 7. The number of piperidine rings is 1. The van der Waals surface area contributed by atoms with Crippen LogP contribution in [0.15, 0.2) is 36.4 Å². The molecule has 5 rings (SSSR count). The van der Waals surface area contributed by atoms with Crippen molar-refractivity contribution in [3.05, 3.63) is 70.5 Å². The number of aromatic nitrogens is 1. The molecular weight excluding hydrogens is 514 g/mol. The lowest BCUT2D eigenvalue weighted by Gasteiger charge is -2.40. The van der Waals surface area contributed by atoms with Gasteiger partial charge < -0.3 is 19.5 Å². The molecule has 1 aromatic heterocycles. The number of hydrogen-bond donors (Lipinski definition) is 1. The monoisotopic (exact) mass is 550 g/mol. The number of aliphatic carboxylic acids is 1. The minimum Gasteiger partial charge on any atom is -0.487 e. The molecule has 2 aromatic carbocycles. The summed E-state index contributed by atoms with van der Waals surface area (Å²) < 4.78 is 39.2. The smallest absolute Gasteiger partial charge is 0.307 e. The van der Waals surface area contributed by atoms with Gasteiger partial charge in [0.2, 0.25) is 5.82 Å². The van der Waals surface area contributed by atoms with Crippen LogP contribution in [0.1, 0.15) is 55.6 Å². The number of benzene rings is 2. The largest absolute Gasteiger partial charge is 0.487 e. The lowest BCUT2D eigenvalue weighted by Crippen LogP contribution is -2.38. The quantitative estimate of drug-likeness (QED) is 0.354. The van der Waals surface area contributed by atoms with E-state index in [1.165, 1.54) is 12.1 Å². The standard InChI is InChI=1S/C32H36F2N2O4/c1-19-24(17-28(37)38)31(36-14-12-32(3,4)13-15-36)29(20(2)35-19)22-9-11-26-21(16-22)8-10-23(40-26)18-39-27-7-5-6-25(33)30(27)34/h5-7,9,11,16,23H,8,10,12-15,17-18H2,1-4H3,(H,37,38). The molecule has 2 aliphatic heterocycles. The zero-order valence-corrected chi connectivity index (χ0v) is 23.5. The third-order valence-corrected chi connectivity index (χ3v) is 8.14. The molecule has 1 atom stereocenters. The molecule has 212 valence electrons. The van der Waals surface area contributed by atoms with E-state index in [1.807, 2.05) is 26.0 Å². The Morgan fingerprint density at radius 1 is 1.15 bits per heavy atom. The van der Waals surface area contributed by atoms with Crippen LogP contribution in [-0.4, -0.2) is 41.9 Å². The average molecular weight is 551 g/mol. The first-order valence-electron chi connectivity index (χ1n) is 13.9. The van der Waals surface area contributed by atoms with E-state index in [4.69, 9.17) is 14.5 Å². The summed E-state index contributed by atoms with van der Waals surface area (Å²) >= 11 is 0. The van der Waals surface area contributed by atoms with Crippen LogP contribution in [0.3, 0.4) is 0 Å². The summed E-state index contributed by atoms with van der Waals surface area (Å²) in [4.78, 5) is 19.0. The Labute approximate surface area is 234 Å². The molecule has 0 spiro atoms. The molecule has 3 aromatic rings. The highest BCUT2D eigenvalue weighted by Gasteiger charge is 2.31. The molecule has 1 N–H and O–H groups in total. The van der Waals surface area contributed by atoms with Crippen molar-refractivity contribution >= 4 is 11.7 Å². The van der Waals surface area contributed by atoms with E-state index in [2.05, 4.69) is 24.8 Å². The number of ether oxygens (including phenoxy) is 2. The lowest BCUT2D eigenvalue weighted by atomic mass is 9.82. The zero-order chi connectivity index (χ0) is 28.6. The maximum Gasteiger partial charge on any atom is 0.307 e. The van der Waals surface area contributed by atoms with Gasteiger partial charge in [-0.3, -0.25) is 9.78 Å². The number of aryl methyl sites for hydroxylation is 3. The second-order valence-corrected chi connectivity index (χ2v) is 11.7. The van der Waals surface area contributed by atoms with Crippen molar-refractivity contribution in [3.63, 3.8) is 0 Å². The maximum atomic E-state index is 14.0. The van der Waals surface area contributed by atoms with E-state index in [-0.39, 0.29) is 30.3 Å². The molecular formula is C32H36F2N2O4. The summed E-state index contributed by atoms with van der Waals surface area (Å²) in [7, 11) is 0. The van der Waals surface area contributed by atoms with Crippen LogP contribution in [0.5, 0.6) is 11.5 Å². The van der Waals surface area contributed by atoms with E-state index in [0.717, 1.165) is 83.5 Å². The third kappa shape index (κ3) is 5.76. The van der Waals surface area contributed by atoms with Gasteiger partial charge in [-0.15, -0.1) is 0 Å². The normalized spacial score (nSPS) is 18.1. The van der Waals surface area contributed by atoms with Gasteiger partial charge in [0.25, 0.3) is 0 Å². The van der Waals surface area contributed by atoms with Gasteiger partial charge >= 0.3 is 5.97 Å². The molecule has 0 radical (unpaired) electrons. The number of carbonyl (C=O) groups is 1. The second kappa shape index (κ2) is 11.1. The van der Waals surface area contributed by atoms with Crippen molar-refractivity contribution in [1.29, 1.82) is 0 Å². The van der Waals surface area contributed by atoms with Crippen molar-refractivity contribution < 1.29 is 28.2 Å². The first kappa shape index (κ1) is 27.9. The van der Waals surface area contributed by atoms with Gasteiger partial charge in [-0.05, 0) is 80.3 Å². The molecule has 0 saturated carbocycles. The van der Waals surface area contributed by atoms with Crippen LogP contribution in [0.25, 0.3) is 11.1 Å². The molecule has 40 heavy (non-hydrogen) atoms. The fraction of sp³-hybridized carbons (Fsp3) is 0.438. The van der Waals surface area contributed by atoms with Gasteiger partial charge in [0, 0.05) is 35.6 Å². The highest BCUT2D eigenvalue weighted by molar-refractivity contribution is 5.86.